The Morgan fingerprint density at radius 1 is 1.04 bits per heavy atom. The minimum Gasteiger partial charge on any atom is -0.339 e. The summed E-state index contributed by atoms with van der Waals surface area (Å²) in [5.41, 5.74) is 4.27. The molecular formula is C20H17N5O. The van der Waals surface area contributed by atoms with Crippen LogP contribution in [0.5, 0.6) is 0 Å². The Labute approximate surface area is 151 Å². The first kappa shape index (κ1) is 17.1. The number of benzene rings is 2. The van der Waals surface area contributed by atoms with Gasteiger partial charge in [-0.1, -0.05) is 24.3 Å². The molecule has 26 heavy (non-hydrogen) atoms. The molecule has 0 atom stereocenters. The highest BCUT2D eigenvalue weighted by atomic mass is 16.1. The maximum Gasteiger partial charge on any atom is 0.275 e. The van der Waals surface area contributed by atoms with Gasteiger partial charge in [-0.25, -0.2) is 9.97 Å². The number of aromatic nitrogens is 2. The van der Waals surface area contributed by atoms with Crippen LogP contribution in [0.4, 0.5) is 17.2 Å². The minimum absolute atomic E-state index is 0.226. The fourth-order valence-corrected chi connectivity index (χ4v) is 2.51. The Balaban J connectivity index is 1.73. The van der Waals surface area contributed by atoms with E-state index in [9.17, 15) is 4.79 Å². The first-order valence-electron chi connectivity index (χ1n) is 8.03. The molecule has 3 rings (SSSR count). The van der Waals surface area contributed by atoms with Gasteiger partial charge in [-0.05, 0) is 43.2 Å². The first-order chi connectivity index (χ1) is 12.6. The van der Waals surface area contributed by atoms with Gasteiger partial charge >= 0.3 is 0 Å². The van der Waals surface area contributed by atoms with Gasteiger partial charge in [0.1, 0.15) is 11.5 Å². The molecule has 2 aromatic carbocycles. The minimum atomic E-state index is -0.312. The van der Waals surface area contributed by atoms with Crippen LogP contribution < -0.4 is 10.6 Å². The maximum absolute atomic E-state index is 12.4. The molecule has 0 aliphatic heterocycles. The Bertz CT molecular complexity index is 970. The van der Waals surface area contributed by atoms with E-state index >= 15 is 0 Å². The van der Waals surface area contributed by atoms with Crippen molar-refractivity contribution in [3.05, 3.63) is 77.2 Å². The van der Waals surface area contributed by atoms with E-state index in [0.29, 0.717) is 11.4 Å². The summed E-state index contributed by atoms with van der Waals surface area (Å²) in [6.45, 7) is 3.88. The number of nitriles is 1. The average molecular weight is 343 g/mol. The zero-order valence-corrected chi connectivity index (χ0v) is 14.4. The second kappa shape index (κ2) is 7.45. The maximum atomic E-state index is 12.4. The van der Waals surface area contributed by atoms with Crippen LogP contribution in [0, 0.1) is 25.2 Å². The van der Waals surface area contributed by atoms with Crippen LogP contribution in [-0.2, 0) is 0 Å². The number of carbonyl (C=O) groups is 1. The number of carbonyl (C=O) groups excluding carboxylic acids is 1. The highest BCUT2D eigenvalue weighted by molar-refractivity contribution is 6.03. The molecule has 0 spiro atoms. The fraction of sp³-hybridized carbons (Fsp3) is 0.100. The Morgan fingerprint density at radius 2 is 1.77 bits per heavy atom. The molecule has 0 radical (unpaired) electrons. The van der Waals surface area contributed by atoms with Gasteiger partial charge in [0.25, 0.3) is 5.91 Å². The summed E-state index contributed by atoms with van der Waals surface area (Å²) in [4.78, 5) is 20.8. The molecule has 6 heteroatoms. The summed E-state index contributed by atoms with van der Waals surface area (Å²) in [7, 11) is 0. The van der Waals surface area contributed by atoms with Gasteiger partial charge in [0.15, 0.2) is 0 Å². The summed E-state index contributed by atoms with van der Waals surface area (Å²) >= 11 is 0. The molecule has 0 aliphatic carbocycles. The number of amides is 1. The first-order valence-corrected chi connectivity index (χ1v) is 8.03. The molecule has 1 heterocycles. The molecule has 0 bridgehead atoms. The molecule has 0 fully saturated rings. The van der Waals surface area contributed by atoms with Crippen molar-refractivity contribution in [1.29, 1.82) is 5.26 Å². The van der Waals surface area contributed by atoms with Crippen molar-refractivity contribution >= 4 is 23.1 Å². The second-order valence-electron chi connectivity index (χ2n) is 5.83. The SMILES string of the molecule is Cc1cccc(C)c1NC(=O)c1cnc(Nc2cccc(C#N)c2)cn1. The Hall–Kier alpha value is -3.72. The quantitative estimate of drug-likeness (QED) is 0.748. The standard InChI is InChI=1S/C20H17N5O/c1-13-5-3-6-14(2)19(13)25-20(26)17-11-23-18(12-22-17)24-16-8-4-7-15(9-16)10-21/h3-9,11-12H,1-2H3,(H,23,24)(H,25,26). The summed E-state index contributed by atoms with van der Waals surface area (Å²) < 4.78 is 0. The number of aryl methyl sites for hydroxylation is 2. The van der Waals surface area contributed by atoms with E-state index in [0.717, 1.165) is 22.5 Å². The normalized spacial score (nSPS) is 10.0. The molecule has 0 unspecified atom stereocenters. The lowest BCUT2D eigenvalue weighted by molar-refractivity contribution is 0.102. The van der Waals surface area contributed by atoms with Crippen molar-refractivity contribution in [3.8, 4) is 6.07 Å². The van der Waals surface area contributed by atoms with Crippen LogP contribution in [0.1, 0.15) is 27.2 Å². The van der Waals surface area contributed by atoms with E-state index in [1.165, 1.54) is 12.4 Å². The van der Waals surface area contributed by atoms with Crippen molar-refractivity contribution in [1.82, 2.24) is 9.97 Å². The lowest BCUT2D eigenvalue weighted by atomic mass is 10.1. The molecule has 1 amide bonds. The third-order valence-electron chi connectivity index (χ3n) is 3.87. The summed E-state index contributed by atoms with van der Waals surface area (Å²) in [6, 6.07) is 14.9. The second-order valence-corrected chi connectivity index (χ2v) is 5.83. The predicted octanol–water partition coefficient (Wildman–Crippen LogP) is 3.96. The van der Waals surface area contributed by atoms with Gasteiger partial charge in [-0.2, -0.15) is 5.26 Å². The highest BCUT2D eigenvalue weighted by Crippen LogP contribution is 2.20. The van der Waals surface area contributed by atoms with Gasteiger partial charge in [-0.15, -0.1) is 0 Å². The third kappa shape index (κ3) is 3.84. The highest BCUT2D eigenvalue weighted by Gasteiger charge is 2.11. The van der Waals surface area contributed by atoms with E-state index in [1.807, 2.05) is 38.1 Å². The van der Waals surface area contributed by atoms with Crippen molar-refractivity contribution in [2.75, 3.05) is 10.6 Å². The lowest BCUT2D eigenvalue weighted by Gasteiger charge is -2.11. The fourth-order valence-electron chi connectivity index (χ4n) is 2.51. The Kier molecular flexibility index (Phi) is 4.90. The van der Waals surface area contributed by atoms with Crippen molar-refractivity contribution in [2.45, 2.75) is 13.8 Å². The number of nitrogens with one attached hydrogen (secondary N) is 2. The van der Waals surface area contributed by atoms with Gasteiger partial charge in [0, 0.05) is 11.4 Å². The lowest BCUT2D eigenvalue weighted by Crippen LogP contribution is -2.15. The van der Waals surface area contributed by atoms with Crippen molar-refractivity contribution in [2.24, 2.45) is 0 Å². The topological polar surface area (TPSA) is 90.7 Å². The van der Waals surface area contributed by atoms with Gasteiger partial charge in [0.05, 0.1) is 24.0 Å². The van der Waals surface area contributed by atoms with E-state index in [-0.39, 0.29) is 11.6 Å². The number of nitrogens with zero attached hydrogens (tertiary/aromatic N) is 3. The molecule has 3 aromatic rings. The van der Waals surface area contributed by atoms with E-state index < -0.39 is 0 Å². The predicted molar refractivity (Wildman–Crippen MR) is 100 cm³/mol. The van der Waals surface area contributed by atoms with Crippen LogP contribution in [0.3, 0.4) is 0 Å². The molecule has 0 saturated carbocycles. The van der Waals surface area contributed by atoms with Crippen LogP contribution in [0.15, 0.2) is 54.9 Å². The smallest absolute Gasteiger partial charge is 0.275 e. The van der Waals surface area contributed by atoms with Crippen LogP contribution in [-0.4, -0.2) is 15.9 Å². The number of para-hydroxylation sites is 1. The monoisotopic (exact) mass is 343 g/mol. The van der Waals surface area contributed by atoms with Crippen LogP contribution in [0.2, 0.25) is 0 Å². The summed E-state index contributed by atoms with van der Waals surface area (Å²) in [5.74, 6) is 0.177. The van der Waals surface area contributed by atoms with Gasteiger partial charge in [0.2, 0.25) is 0 Å². The average Bonchev–Trinajstić information content (AvgIpc) is 2.65. The number of hydrogen-bond acceptors (Lipinski definition) is 5. The molecule has 128 valence electrons. The molecular weight excluding hydrogens is 326 g/mol. The van der Waals surface area contributed by atoms with Gasteiger partial charge in [-0.3, -0.25) is 4.79 Å². The molecule has 6 nitrogen and oxygen atoms in total. The van der Waals surface area contributed by atoms with E-state index in [2.05, 4.69) is 26.7 Å². The molecule has 0 saturated heterocycles. The van der Waals surface area contributed by atoms with E-state index in [1.54, 1.807) is 18.2 Å². The molecule has 1 aromatic heterocycles. The number of rotatable bonds is 4. The van der Waals surface area contributed by atoms with Crippen molar-refractivity contribution in [3.63, 3.8) is 0 Å². The molecule has 0 aliphatic rings. The third-order valence-corrected chi connectivity index (χ3v) is 3.87. The Morgan fingerprint density at radius 3 is 2.42 bits per heavy atom. The summed E-state index contributed by atoms with van der Waals surface area (Å²) in [5, 5.41) is 14.9. The number of hydrogen-bond donors (Lipinski definition) is 2. The molecule has 2 N–H and O–H groups in total. The van der Waals surface area contributed by atoms with Gasteiger partial charge < -0.3 is 10.6 Å². The van der Waals surface area contributed by atoms with E-state index in [4.69, 9.17) is 5.26 Å². The van der Waals surface area contributed by atoms with Crippen LogP contribution in [0.25, 0.3) is 0 Å². The zero-order valence-electron chi connectivity index (χ0n) is 14.4. The zero-order chi connectivity index (χ0) is 18.5. The summed E-state index contributed by atoms with van der Waals surface area (Å²) in [6.07, 6.45) is 2.90. The largest absolute Gasteiger partial charge is 0.339 e. The van der Waals surface area contributed by atoms with Crippen LogP contribution >= 0.6 is 0 Å². The number of anilines is 3. The van der Waals surface area contributed by atoms with Crippen molar-refractivity contribution < 1.29 is 4.79 Å².